The molecule has 0 bridgehead atoms. The third kappa shape index (κ3) is 2.03. The van der Waals surface area contributed by atoms with Gasteiger partial charge in [-0.25, -0.2) is 0 Å². The molecule has 1 aromatic carbocycles. The van der Waals surface area contributed by atoms with E-state index in [0.29, 0.717) is 10.8 Å². The predicted molar refractivity (Wildman–Crippen MR) is 59.4 cm³/mol. The lowest BCUT2D eigenvalue weighted by molar-refractivity contribution is 0.174. The van der Waals surface area contributed by atoms with Crippen LogP contribution in [-0.4, -0.2) is 6.79 Å². The van der Waals surface area contributed by atoms with E-state index in [1.165, 1.54) is 0 Å². The van der Waals surface area contributed by atoms with Gasteiger partial charge in [-0.1, -0.05) is 24.9 Å². The molecule has 0 radical (unpaired) electrons. The van der Waals surface area contributed by atoms with E-state index in [-0.39, 0.29) is 12.8 Å². The minimum Gasteiger partial charge on any atom is -0.454 e. The number of ether oxygens (including phenoxy) is 2. The number of halogens is 1. The lowest BCUT2D eigenvalue weighted by Crippen LogP contribution is -2.10. The molecule has 0 unspecified atom stereocenters. The monoisotopic (exact) mass is 227 g/mol. The van der Waals surface area contributed by atoms with Crippen molar-refractivity contribution < 1.29 is 9.47 Å². The zero-order chi connectivity index (χ0) is 10.8. The van der Waals surface area contributed by atoms with Crippen LogP contribution in [0.4, 0.5) is 0 Å². The molecule has 4 heteroatoms. The van der Waals surface area contributed by atoms with Crippen LogP contribution in [0.2, 0.25) is 5.02 Å². The molecule has 2 N–H and O–H groups in total. The summed E-state index contributed by atoms with van der Waals surface area (Å²) in [6.07, 6.45) is 1.95. The lowest BCUT2D eigenvalue weighted by atomic mass is 10.0. The van der Waals surface area contributed by atoms with Crippen molar-refractivity contribution in [2.45, 2.75) is 25.8 Å². The molecule has 1 aliphatic heterocycles. The second-order valence-electron chi connectivity index (χ2n) is 3.62. The van der Waals surface area contributed by atoms with Gasteiger partial charge < -0.3 is 15.2 Å². The number of fused-ring (bicyclic) bond motifs is 1. The molecule has 1 aromatic rings. The minimum absolute atomic E-state index is 0.0306. The molecule has 0 saturated heterocycles. The number of hydrogen-bond donors (Lipinski definition) is 1. The quantitative estimate of drug-likeness (QED) is 0.864. The Morgan fingerprint density at radius 2 is 2.07 bits per heavy atom. The lowest BCUT2D eigenvalue weighted by Gasteiger charge is -2.13. The van der Waals surface area contributed by atoms with Gasteiger partial charge in [-0.2, -0.15) is 0 Å². The molecule has 0 aromatic heterocycles. The zero-order valence-corrected chi connectivity index (χ0v) is 9.38. The van der Waals surface area contributed by atoms with Crippen LogP contribution in [0.25, 0.3) is 0 Å². The van der Waals surface area contributed by atoms with Gasteiger partial charge >= 0.3 is 0 Å². The molecule has 15 heavy (non-hydrogen) atoms. The normalized spacial score (nSPS) is 15.4. The number of hydrogen-bond acceptors (Lipinski definition) is 3. The largest absolute Gasteiger partial charge is 0.454 e. The topological polar surface area (TPSA) is 44.5 Å². The first-order chi connectivity index (χ1) is 7.22. The fourth-order valence-electron chi connectivity index (χ4n) is 1.68. The molecule has 1 aliphatic rings. The van der Waals surface area contributed by atoms with Gasteiger partial charge in [-0.15, -0.1) is 0 Å². The van der Waals surface area contributed by atoms with Crippen LogP contribution in [0.15, 0.2) is 12.1 Å². The molecule has 0 aliphatic carbocycles. The van der Waals surface area contributed by atoms with Crippen LogP contribution in [0, 0.1) is 0 Å². The van der Waals surface area contributed by atoms with E-state index < -0.39 is 0 Å². The van der Waals surface area contributed by atoms with Gasteiger partial charge in [-0.3, -0.25) is 0 Å². The van der Waals surface area contributed by atoms with E-state index in [9.17, 15) is 0 Å². The summed E-state index contributed by atoms with van der Waals surface area (Å²) >= 11 is 6.12. The Morgan fingerprint density at radius 3 is 2.73 bits per heavy atom. The highest BCUT2D eigenvalue weighted by Crippen LogP contribution is 2.39. The Morgan fingerprint density at radius 1 is 1.40 bits per heavy atom. The van der Waals surface area contributed by atoms with Crippen LogP contribution in [-0.2, 0) is 0 Å². The third-order valence-electron chi connectivity index (χ3n) is 2.49. The summed E-state index contributed by atoms with van der Waals surface area (Å²) in [5, 5.41) is 0.653. The molecule has 0 amide bonds. The smallest absolute Gasteiger partial charge is 0.231 e. The first-order valence-electron chi connectivity index (χ1n) is 5.07. The Labute approximate surface area is 94.1 Å². The highest BCUT2D eigenvalue weighted by molar-refractivity contribution is 6.31. The summed E-state index contributed by atoms with van der Waals surface area (Å²) in [6.45, 7) is 2.36. The van der Waals surface area contributed by atoms with Crippen molar-refractivity contribution in [1.29, 1.82) is 0 Å². The first-order valence-corrected chi connectivity index (χ1v) is 5.44. The van der Waals surface area contributed by atoms with Gasteiger partial charge in [0.25, 0.3) is 0 Å². The van der Waals surface area contributed by atoms with Gasteiger partial charge in [0.05, 0.1) is 0 Å². The van der Waals surface area contributed by atoms with Gasteiger partial charge in [0.15, 0.2) is 11.5 Å². The number of nitrogens with two attached hydrogens (primary N) is 1. The van der Waals surface area contributed by atoms with Crippen LogP contribution in [0.3, 0.4) is 0 Å². The van der Waals surface area contributed by atoms with Gasteiger partial charge in [0.2, 0.25) is 6.79 Å². The van der Waals surface area contributed by atoms with E-state index in [2.05, 4.69) is 6.92 Å². The minimum atomic E-state index is -0.0306. The molecule has 1 atom stereocenters. The predicted octanol–water partition coefficient (Wildman–Crippen LogP) is 2.87. The molecule has 1 heterocycles. The summed E-state index contributed by atoms with van der Waals surface area (Å²) in [6, 6.07) is 3.62. The summed E-state index contributed by atoms with van der Waals surface area (Å²) in [5.74, 6) is 1.44. The Bertz CT molecular complexity index is 368. The second-order valence-corrected chi connectivity index (χ2v) is 4.03. The van der Waals surface area contributed by atoms with Crippen molar-refractivity contribution >= 4 is 11.6 Å². The summed E-state index contributed by atoms with van der Waals surface area (Å²) in [5.41, 5.74) is 6.95. The van der Waals surface area contributed by atoms with Crippen molar-refractivity contribution in [3.05, 3.63) is 22.7 Å². The SMILES string of the molecule is CCC[C@@H](N)c1cc2c(cc1Cl)OCO2. The van der Waals surface area contributed by atoms with Gasteiger partial charge in [-0.05, 0) is 18.1 Å². The van der Waals surface area contributed by atoms with Crippen LogP contribution < -0.4 is 15.2 Å². The van der Waals surface area contributed by atoms with Crippen LogP contribution in [0.5, 0.6) is 11.5 Å². The van der Waals surface area contributed by atoms with Crippen molar-refractivity contribution in [1.82, 2.24) is 0 Å². The summed E-state index contributed by atoms with van der Waals surface area (Å²) in [7, 11) is 0. The van der Waals surface area contributed by atoms with E-state index in [0.717, 1.165) is 24.2 Å². The number of rotatable bonds is 3. The maximum absolute atomic E-state index is 6.12. The fraction of sp³-hybridized carbons (Fsp3) is 0.455. The molecule has 0 spiro atoms. The van der Waals surface area contributed by atoms with Crippen molar-refractivity contribution in [3.63, 3.8) is 0 Å². The molecular formula is C11H14ClNO2. The number of benzene rings is 1. The van der Waals surface area contributed by atoms with Crippen molar-refractivity contribution in [3.8, 4) is 11.5 Å². The van der Waals surface area contributed by atoms with E-state index in [1.54, 1.807) is 6.07 Å². The Kier molecular flexibility index (Phi) is 3.03. The standard InChI is InChI=1S/C11H14ClNO2/c1-2-3-9(13)7-4-10-11(5-8(7)12)15-6-14-10/h4-5,9H,2-3,6,13H2,1H3/t9-/m1/s1. The third-order valence-corrected chi connectivity index (χ3v) is 2.82. The second kappa shape index (κ2) is 4.29. The Hall–Kier alpha value is -0.930. The van der Waals surface area contributed by atoms with Crippen molar-refractivity contribution in [2.75, 3.05) is 6.79 Å². The van der Waals surface area contributed by atoms with E-state index in [4.69, 9.17) is 26.8 Å². The average Bonchev–Trinajstić information content (AvgIpc) is 2.63. The molecule has 0 fully saturated rings. The van der Waals surface area contributed by atoms with Crippen LogP contribution in [0.1, 0.15) is 31.4 Å². The fourth-order valence-corrected chi connectivity index (χ4v) is 1.98. The van der Waals surface area contributed by atoms with Gasteiger partial charge in [0, 0.05) is 17.1 Å². The first kappa shape index (κ1) is 10.6. The average molecular weight is 228 g/mol. The van der Waals surface area contributed by atoms with E-state index in [1.807, 2.05) is 6.07 Å². The molecular weight excluding hydrogens is 214 g/mol. The highest BCUT2D eigenvalue weighted by atomic mass is 35.5. The molecule has 82 valence electrons. The van der Waals surface area contributed by atoms with Gasteiger partial charge in [0.1, 0.15) is 0 Å². The summed E-state index contributed by atoms with van der Waals surface area (Å²) < 4.78 is 10.5. The maximum Gasteiger partial charge on any atom is 0.231 e. The molecule has 3 nitrogen and oxygen atoms in total. The maximum atomic E-state index is 6.12. The van der Waals surface area contributed by atoms with Crippen LogP contribution >= 0.6 is 11.6 Å². The Balaban J connectivity index is 2.31. The molecule has 2 rings (SSSR count). The zero-order valence-electron chi connectivity index (χ0n) is 8.63. The highest BCUT2D eigenvalue weighted by Gasteiger charge is 2.19. The van der Waals surface area contributed by atoms with Crippen molar-refractivity contribution in [2.24, 2.45) is 5.73 Å². The summed E-state index contributed by atoms with van der Waals surface area (Å²) in [4.78, 5) is 0. The molecule has 0 saturated carbocycles. The van der Waals surface area contributed by atoms with E-state index >= 15 is 0 Å².